The van der Waals surface area contributed by atoms with Crippen LogP contribution in [0.3, 0.4) is 0 Å². The normalized spacial score (nSPS) is 36.9. The lowest BCUT2D eigenvalue weighted by Crippen LogP contribution is -2.43. The minimum absolute atomic E-state index is 0.253. The van der Waals surface area contributed by atoms with E-state index in [4.69, 9.17) is 0 Å². The van der Waals surface area contributed by atoms with Gasteiger partial charge in [-0.3, -0.25) is 4.79 Å². The van der Waals surface area contributed by atoms with Gasteiger partial charge in [0.05, 0.1) is 5.75 Å². The Labute approximate surface area is 135 Å². The van der Waals surface area contributed by atoms with Gasteiger partial charge in [0.15, 0.2) is 0 Å². The molecule has 3 aliphatic rings. The van der Waals surface area contributed by atoms with E-state index in [1.807, 2.05) is 0 Å². The molecule has 1 heterocycles. The summed E-state index contributed by atoms with van der Waals surface area (Å²) in [5.41, 5.74) is 0. The zero-order chi connectivity index (χ0) is 14.2. The molecule has 2 bridgehead atoms. The zero-order valence-electron chi connectivity index (χ0n) is 12.3. The third kappa shape index (κ3) is 2.77. The second-order valence-corrected chi connectivity index (χ2v) is 8.92. The summed E-state index contributed by atoms with van der Waals surface area (Å²) < 4.78 is 0. The average Bonchev–Trinajstić information content (AvgIpc) is 3.21. The molecular formula is C17H23NOS2. The Balaban J connectivity index is 1.24. The number of amides is 1. The van der Waals surface area contributed by atoms with E-state index < -0.39 is 0 Å². The van der Waals surface area contributed by atoms with Gasteiger partial charge in [-0.25, -0.2) is 0 Å². The number of hydrogen-bond donors (Lipinski definition) is 1. The number of hydrogen-bond acceptors (Lipinski definition) is 3. The Morgan fingerprint density at radius 2 is 2.19 bits per heavy atom. The molecule has 1 aromatic heterocycles. The Morgan fingerprint density at radius 1 is 1.29 bits per heavy atom. The molecule has 0 aromatic carbocycles. The summed E-state index contributed by atoms with van der Waals surface area (Å²) >= 11 is 3.52. The van der Waals surface area contributed by atoms with Crippen molar-refractivity contribution >= 4 is 29.0 Å². The maximum Gasteiger partial charge on any atom is 0.230 e. The van der Waals surface area contributed by atoms with Crippen LogP contribution < -0.4 is 5.32 Å². The van der Waals surface area contributed by atoms with Crippen LogP contribution >= 0.6 is 23.1 Å². The van der Waals surface area contributed by atoms with Crippen LogP contribution in [0, 0.1) is 23.7 Å². The van der Waals surface area contributed by atoms with E-state index in [9.17, 15) is 4.79 Å². The molecule has 0 spiro atoms. The van der Waals surface area contributed by atoms with E-state index in [-0.39, 0.29) is 5.91 Å². The highest BCUT2D eigenvalue weighted by molar-refractivity contribution is 7.99. The molecule has 1 N–H and O–H groups in total. The lowest BCUT2D eigenvalue weighted by molar-refractivity contribution is -0.119. The molecule has 1 aromatic rings. The highest BCUT2D eigenvalue weighted by atomic mass is 32.2. The molecule has 21 heavy (non-hydrogen) atoms. The quantitative estimate of drug-likeness (QED) is 0.890. The van der Waals surface area contributed by atoms with Gasteiger partial charge in [0.25, 0.3) is 0 Å². The lowest BCUT2D eigenvalue weighted by atomic mass is 9.79. The van der Waals surface area contributed by atoms with Gasteiger partial charge < -0.3 is 5.32 Å². The van der Waals surface area contributed by atoms with Crippen LogP contribution in [-0.4, -0.2) is 17.7 Å². The van der Waals surface area contributed by atoms with Gasteiger partial charge in [-0.15, -0.1) is 23.1 Å². The van der Waals surface area contributed by atoms with Crippen molar-refractivity contribution in [2.24, 2.45) is 23.7 Å². The Kier molecular flexibility index (Phi) is 4.01. The average molecular weight is 322 g/mol. The van der Waals surface area contributed by atoms with Gasteiger partial charge in [0, 0.05) is 16.7 Å². The van der Waals surface area contributed by atoms with E-state index in [0.717, 1.165) is 29.4 Å². The summed E-state index contributed by atoms with van der Waals surface area (Å²) in [6.07, 6.45) is 6.96. The van der Waals surface area contributed by atoms with Crippen molar-refractivity contribution in [1.29, 1.82) is 0 Å². The van der Waals surface area contributed by atoms with Gasteiger partial charge >= 0.3 is 0 Å². The van der Waals surface area contributed by atoms with E-state index >= 15 is 0 Å². The number of thiophene rings is 1. The first kappa shape index (κ1) is 14.1. The van der Waals surface area contributed by atoms with Crippen molar-refractivity contribution in [1.82, 2.24) is 5.32 Å². The maximum atomic E-state index is 12.2. The smallest absolute Gasteiger partial charge is 0.230 e. The minimum Gasteiger partial charge on any atom is -0.352 e. The summed E-state index contributed by atoms with van der Waals surface area (Å²) in [5.74, 6) is 5.50. The van der Waals surface area contributed by atoms with Gasteiger partial charge in [-0.2, -0.15) is 0 Å². The van der Waals surface area contributed by atoms with E-state index in [1.165, 1.54) is 37.0 Å². The standard InChI is InChI=1S/C17H23NOS2/c19-17(10-20-9-12-3-2-6-21-12)18-16-8-11-7-15(16)14-5-1-4-13(11)14/h2-3,6,11,13-16H,1,4-5,7-10H2,(H,18,19)/t11-,13+,14+,15+,16-/m1/s1. The highest BCUT2D eigenvalue weighted by Crippen LogP contribution is 2.58. The first-order valence-corrected chi connectivity index (χ1v) is 10.2. The number of fused-ring (bicyclic) bond motifs is 5. The number of carbonyl (C=O) groups is 1. The second kappa shape index (κ2) is 5.96. The number of thioether (sulfide) groups is 1. The zero-order valence-corrected chi connectivity index (χ0v) is 13.9. The van der Waals surface area contributed by atoms with Crippen LogP contribution in [0.1, 0.15) is 37.0 Å². The Hall–Kier alpha value is -0.480. The molecule has 114 valence electrons. The van der Waals surface area contributed by atoms with Crippen LogP contribution in [0.5, 0.6) is 0 Å². The largest absolute Gasteiger partial charge is 0.352 e. The van der Waals surface area contributed by atoms with Crippen molar-refractivity contribution in [3.05, 3.63) is 22.4 Å². The monoisotopic (exact) mass is 321 g/mol. The molecule has 0 unspecified atom stereocenters. The third-order valence-electron chi connectivity index (χ3n) is 5.83. The minimum atomic E-state index is 0.253. The van der Waals surface area contributed by atoms with Crippen molar-refractivity contribution in [2.75, 3.05) is 5.75 Å². The molecule has 4 heteroatoms. The summed E-state index contributed by atoms with van der Waals surface area (Å²) in [6, 6.07) is 4.71. The van der Waals surface area contributed by atoms with Crippen LogP contribution in [-0.2, 0) is 10.5 Å². The van der Waals surface area contributed by atoms with Crippen molar-refractivity contribution < 1.29 is 4.79 Å². The Bertz CT molecular complexity index is 501. The molecule has 1 amide bonds. The third-order valence-corrected chi connectivity index (χ3v) is 7.87. The second-order valence-electron chi connectivity index (χ2n) is 6.90. The summed E-state index contributed by atoms with van der Waals surface area (Å²) in [6.45, 7) is 0. The predicted octanol–water partition coefficient (Wildman–Crippen LogP) is 3.92. The van der Waals surface area contributed by atoms with Crippen LogP contribution in [0.2, 0.25) is 0 Å². The number of carbonyl (C=O) groups excluding carboxylic acids is 1. The molecule has 2 nitrogen and oxygen atoms in total. The topological polar surface area (TPSA) is 29.1 Å². The van der Waals surface area contributed by atoms with E-state index in [0.29, 0.717) is 11.8 Å². The number of nitrogens with one attached hydrogen (secondary N) is 1. The van der Waals surface area contributed by atoms with E-state index in [2.05, 4.69) is 22.8 Å². The maximum absolute atomic E-state index is 12.2. The molecule has 0 saturated heterocycles. The summed E-state index contributed by atoms with van der Waals surface area (Å²) in [7, 11) is 0. The molecule has 3 fully saturated rings. The van der Waals surface area contributed by atoms with Crippen LogP contribution in [0.4, 0.5) is 0 Å². The van der Waals surface area contributed by atoms with Crippen LogP contribution in [0.25, 0.3) is 0 Å². The van der Waals surface area contributed by atoms with Gasteiger partial charge in [0.2, 0.25) is 5.91 Å². The van der Waals surface area contributed by atoms with E-state index in [1.54, 1.807) is 23.1 Å². The molecule has 5 atom stereocenters. The highest BCUT2D eigenvalue weighted by Gasteiger charge is 2.53. The molecule has 4 rings (SSSR count). The SMILES string of the molecule is O=C(CSCc1cccs1)N[C@@H]1C[C@H]2C[C@H]1[C@H]1CCC[C@@H]21. The summed E-state index contributed by atoms with van der Waals surface area (Å²) in [4.78, 5) is 13.5. The fourth-order valence-electron chi connectivity index (χ4n) is 5.12. The summed E-state index contributed by atoms with van der Waals surface area (Å²) in [5, 5.41) is 5.45. The van der Waals surface area contributed by atoms with Crippen LogP contribution in [0.15, 0.2) is 17.5 Å². The number of rotatable bonds is 5. The predicted molar refractivity (Wildman–Crippen MR) is 89.5 cm³/mol. The van der Waals surface area contributed by atoms with Crippen molar-refractivity contribution in [3.8, 4) is 0 Å². The molecule has 3 saturated carbocycles. The van der Waals surface area contributed by atoms with Crippen molar-refractivity contribution in [2.45, 2.75) is 43.9 Å². The Morgan fingerprint density at radius 3 is 3.05 bits per heavy atom. The fraction of sp³-hybridized carbons (Fsp3) is 0.706. The lowest BCUT2D eigenvalue weighted by Gasteiger charge is -2.32. The van der Waals surface area contributed by atoms with Crippen molar-refractivity contribution in [3.63, 3.8) is 0 Å². The van der Waals surface area contributed by atoms with Gasteiger partial charge in [0.1, 0.15) is 0 Å². The van der Waals surface area contributed by atoms with Gasteiger partial charge in [-0.05, 0) is 60.8 Å². The van der Waals surface area contributed by atoms with Gasteiger partial charge in [-0.1, -0.05) is 12.5 Å². The molecular weight excluding hydrogens is 298 g/mol. The first-order chi connectivity index (χ1) is 10.3. The fourth-order valence-corrected chi connectivity index (χ4v) is 6.80. The molecule has 0 radical (unpaired) electrons. The molecule has 0 aliphatic heterocycles. The molecule has 3 aliphatic carbocycles. The first-order valence-electron chi connectivity index (χ1n) is 8.21.